The van der Waals surface area contributed by atoms with Crippen LogP contribution in [0, 0.1) is 11.6 Å². The van der Waals surface area contributed by atoms with Crippen molar-refractivity contribution in [2.45, 2.75) is 0 Å². The van der Waals surface area contributed by atoms with E-state index in [0.29, 0.717) is 11.4 Å². The maximum Gasteiger partial charge on any atom is 0.274 e. The molecular formula is C17H12F2N4O. The van der Waals surface area contributed by atoms with Gasteiger partial charge in [-0.1, -0.05) is 18.2 Å². The minimum absolute atomic E-state index is 0.138. The van der Waals surface area contributed by atoms with Gasteiger partial charge in [0.15, 0.2) is 11.6 Å². The average molecular weight is 326 g/mol. The first-order valence-corrected chi connectivity index (χ1v) is 7.02. The summed E-state index contributed by atoms with van der Waals surface area (Å²) in [5.41, 5.74) is 1.08. The topological polar surface area (TPSA) is 66.9 Å². The van der Waals surface area contributed by atoms with Crippen molar-refractivity contribution < 1.29 is 13.6 Å². The Morgan fingerprint density at radius 3 is 2.42 bits per heavy atom. The molecule has 5 nitrogen and oxygen atoms in total. The molecule has 2 N–H and O–H groups in total. The minimum Gasteiger partial charge on any atom is -0.340 e. The summed E-state index contributed by atoms with van der Waals surface area (Å²) in [4.78, 5) is 20.0. The van der Waals surface area contributed by atoms with Gasteiger partial charge in [0.2, 0.25) is 0 Å². The van der Waals surface area contributed by atoms with Gasteiger partial charge in [-0.25, -0.2) is 18.7 Å². The number of hydrogen-bond donors (Lipinski definition) is 2. The summed E-state index contributed by atoms with van der Waals surface area (Å²) in [6, 6.07) is 13.7. The quantitative estimate of drug-likeness (QED) is 0.766. The number of hydrogen-bond acceptors (Lipinski definition) is 4. The van der Waals surface area contributed by atoms with E-state index in [9.17, 15) is 13.6 Å². The monoisotopic (exact) mass is 326 g/mol. The summed E-state index contributed by atoms with van der Waals surface area (Å²) >= 11 is 0. The highest BCUT2D eigenvalue weighted by Crippen LogP contribution is 2.18. The molecule has 0 spiro atoms. The molecule has 0 radical (unpaired) electrons. The van der Waals surface area contributed by atoms with Crippen molar-refractivity contribution in [2.24, 2.45) is 0 Å². The van der Waals surface area contributed by atoms with Crippen LogP contribution in [0.15, 0.2) is 60.9 Å². The van der Waals surface area contributed by atoms with Crippen LogP contribution in [0.1, 0.15) is 10.5 Å². The zero-order valence-electron chi connectivity index (χ0n) is 12.3. The fourth-order valence-corrected chi connectivity index (χ4v) is 1.99. The molecule has 0 aliphatic rings. The Kier molecular flexibility index (Phi) is 4.42. The number of halogens is 2. The second-order valence-electron chi connectivity index (χ2n) is 4.86. The molecule has 0 aliphatic heterocycles. The lowest BCUT2D eigenvalue weighted by Gasteiger charge is -2.08. The molecule has 3 aromatic rings. The van der Waals surface area contributed by atoms with Crippen LogP contribution < -0.4 is 10.6 Å². The van der Waals surface area contributed by atoms with E-state index < -0.39 is 17.5 Å². The largest absolute Gasteiger partial charge is 0.340 e. The molecule has 0 bridgehead atoms. The molecule has 24 heavy (non-hydrogen) atoms. The van der Waals surface area contributed by atoms with Crippen LogP contribution in [-0.2, 0) is 0 Å². The van der Waals surface area contributed by atoms with E-state index >= 15 is 0 Å². The first-order valence-electron chi connectivity index (χ1n) is 7.02. The summed E-state index contributed by atoms with van der Waals surface area (Å²) in [6.45, 7) is 0. The number of nitrogens with one attached hydrogen (secondary N) is 2. The second kappa shape index (κ2) is 6.82. The van der Waals surface area contributed by atoms with Gasteiger partial charge in [0.1, 0.15) is 17.8 Å². The lowest BCUT2D eigenvalue weighted by atomic mass is 10.3. The summed E-state index contributed by atoms with van der Waals surface area (Å²) in [6.07, 6.45) is 1.21. The van der Waals surface area contributed by atoms with Crippen molar-refractivity contribution >= 4 is 23.1 Å². The number of amides is 1. The maximum absolute atomic E-state index is 13.2. The van der Waals surface area contributed by atoms with E-state index in [-0.39, 0.29) is 11.5 Å². The lowest BCUT2D eigenvalue weighted by Crippen LogP contribution is -2.14. The van der Waals surface area contributed by atoms with Gasteiger partial charge in [-0.3, -0.25) is 4.79 Å². The summed E-state index contributed by atoms with van der Waals surface area (Å²) in [5, 5.41) is 5.49. The Morgan fingerprint density at radius 1 is 0.875 bits per heavy atom. The SMILES string of the molecule is O=C(Nc1ccccc1)c1cc(Nc2ccc(F)c(F)c2)ncn1. The predicted molar refractivity (Wildman–Crippen MR) is 86.1 cm³/mol. The van der Waals surface area contributed by atoms with E-state index in [1.54, 1.807) is 24.3 Å². The van der Waals surface area contributed by atoms with Gasteiger partial charge in [0.05, 0.1) is 0 Å². The van der Waals surface area contributed by atoms with Crippen LogP contribution in [0.3, 0.4) is 0 Å². The first-order chi connectivity index (χ1) is 11.6. The molecule has 7 heteroatoms. The van der Waals surface area contributed by atoms with Crippen LogP contribution in [0.5, 0.6) is 0 Å². The molecule has 2 aromatic carbocycles. The minimum atomic E-state index is -0.976. The molecule has 0 saturated carbocycles. The molecule has 1 aromatic heterocycles. The fourth-order valence-electron chi connectivity index (χ4n) is 1.99. The molecular weight excluding hydrogens is 314 g/mol. The zero-order chi connectivity index (χ0) is 16.9. The number of nitrogens with zero attached hydrogens (tertiary/aromatic N) is 2. The van der Waals surface area contributed by atoms with Crippen molar-refractivity contribution in [3.63, 3.8) is 0 Å². The molecule has 120 valence electrons. The normalized spacial score (nSPS) is 10.2. The summed E-state index contributed by atoms with van der Waals surface area (Å²) < 4.78 is 26.2. The molecule has 0 atom stereocenters. The fraction of sp³-hybridized carbons (Fsp3) is 0. The predicted octanol–water partition coefficient (Wildman–Crippen LogP) is 3.75. The molecule has 0 fully saturated rings. The molecule has 0 unspecified atom stereocenters. The molecule has 0 saturated heterocycles. The average Bonchev–Trinajstić information content (AvgIpc) is 2.59. The lowest BCUT2D eigenvalue weighted by molar-refractivity contribution is 0.102. The third-order valence-electron chi connectivity index (χ3n) is 3.12. The Balaban J connectivity index is 1.76. The van der Waals surface area contributed by atoms with Crippen molar-refractivity contribution in [1.29, 1.82) is 0 Å². The number of carbonyl (C=O) groups excluding carboxylic acids is 1. The van der Waals surface area contributed by atoms with E-state index in [1.165, 1.54) is 18.5 Å². The van der Waals surface area contributed by atoms with Crippen molar-refractivity contribution in [3.8, 4) is 0 Å². The van der Waals surface area contributed by atoms with Crippen LogP contribution >= 0.6 is 0 Å². The van der Waals surface area contributed by atoms with Gasteiger partial charge < -0.3 is 10.6 Å². The Hall–Kier alpha value is -3.35. The highest BCUT2D eigenvalue weighted by atomic mass is 19.2. The molecule has 0 aliphatic carbocycles. The zero-order valence-corrected chi connectivity index (χ0v) is 12.3. The van der Waals surface area contributed by atoms with Gasteiger partial charge >= 0.3 is 0 Å². The van der Waals surface area contributed by atoms with E-state index in [0.717, 1.165) is 12.1 Å². The number of aromatic nitrogens is 2. The first kappa shape index (κ1) is 15.5. The number of carbonyl (C=O) groups is 1. The van der Waals surface area contributed by atoms with Gasteiger partial charge in [-0.2, -0.15) is 0 Å². The van der Waals surface area contributed by atoms with Gasteiger partial charge in [-0.15, -0.1) is 0 Å². The van der Waals surface area contributed by atoms with Crippen LogP contribution in [0.2, 0.25) is 0 Å². The summed E-state index contributed by atoms with van der Waals surface area (Å²) in [7, 11) is 0. The van der Waals surface area contributed by atoms with Crippen LogP contribution in [-0.4, -0.2) is 15.9 Å². The maximum atomic E-state index is 13.2. The van der Waals surface area contributed by atoms with Crippen molar-refractivity contribution in [2.75, 3.05) is 10.6 Å². The molecule has 3 rings (SSSR count). The standard InChI is InChI=1S/C17H12F2N4O/c18-13-7-6-12(8-14(13)19)22-16-9-15(20-10-21-16)17(24)23-11-4-2-1-3-5-11/h1-10H,(H,23,24)(H,20,21,22). The number of rotatable bonds is 4. The Labute approximate surface area is 136 Å². The van der Waals surface area contributed by atoms with E-state index in [2.05, 4.69) is 20.6 Å². The van der Waals surface area contributed by atoms with Gasteiger partial charge in [0, 0.05) is 23.5 Å². The molecule has 1 heterocycles. The third kappa shape index (κ3) is 3.70. The number of para-hydroxylation sites is 1. The highest BCUT2D eigenvalue weighted by molar-refractivity contribution is 6.03. The van der Waals surface area contributed by atoms with Gasteiger partial charge in [0.25, 0.3) is 5.91 Å². The highest BCUT2D eigenvalue weighted by Gasteiger charge is 2.10. The van der Waals surface area contributed by atoms with Gasteiger partial charge in [-0.05, 0) is 24.3 Å². The van der Waals surface area contributed by atoms with Crippen molar-refractivity contribution in [1.82, 2.24) is 9.97 Å². The molecule has 1 amide bonds. The second-order valence-corrected chi connectivity index (χ2v) is 4.86. The van der Waals surface area contributed by atoms with Crippen LogP contribution in [0.4, 0.5) is 26.0 Å². The number of benzene rings is 2. The van der Waals surface area contributed by atoms with E-state index in [1.807, 2.05) is 6.07 Å². The van der Waals surface area contributed by atoms with E-state index in [4.69, 9.17) is 0 Å². The summed E-state index contributed by atoms with van der Waals surface area (Å²) in [5.74, 6) is -2.03. The third-order valence-corrected chi connectivity index (χ3v) is 3.12. The Morgan fingerprint density at radius 2 is 1.67 bits per heavy atom. The Bertz CT molecular complexity index is 871. The van der Waals surface area contributed by atoms with Crippen molar-refractivity contribution in [3.05, 3.63) is 78.3 Å². The smallest absolute Gasteiger partial charge is 0.274 e. The van der Waals surface area contributed by atoms with Crippen LogP contribution in [0.25, 0.3) is 0 Å². The number of anilines is 3.